The summed E-state index contributed by atoms with van der Waals surface area (Å²) in [6.07, 6.45) is 16.5. The van der Waals surface area contributed by atoms with E-state index in [1.807, 2.05) is 0 Å². The number of carbonyl (C=O) groups is 2. The van der Waals surface area contributed by atoms with Crippen LogP contribution in [-0.4, -0.2) is 34.7 Å². The third kappa shape index (κ3) is 25.1. The standard InChI is InChI=1S/C14H28O2.C6H14N2O2/c1-2-3-4-5-6-7-8-9-10-11-12-13-14(15)16;7-4-2-1-3-5(8)6(9)10/h2-13H2,1H3,(H,15,16);5H,1-4,7-8H2,(H,9,10). The Morgan fingerprint density at radius 2 is 1.23 bits per heavy atom. The van der Waals surface area contributed by atoms with Crippen molar-refractivity contribution in [1.29, 1.82) is 0 Å². The van der Waals surface area contributed by atoms with Gasteiger partial charge in [-0.1, -0.05) is 77.6 Å². The number of aliphatic carboxylic acids is 2. The molecule has 0 rings (SSSR count). The third-order valence-electron chi connectivity index (χ3n) is 4.28. The maximum Gasteiger partial charge on any atom is 0.320 e. The Hall–Kier alpha value is -1.14. The fourth-order valence-corrected chi connectivity index (χ4v) is 2.57. The molecule has 1 atom stereocenters. The molecule has 1 unspecified atom stereocenters. The van der Waals surface area contributed by atoms with Gasteiger partial charge < -0.3 is 21.7 Å². The van der Waals surface area contributed by atoms with Gasteiger partial charge in [-0.3, -0.25) is 9.59 Å². The molecule has 0 radical (unpaired) electrons. The number of nitrogens with two attached hydrogens (primary N) is 2. The zero-order valence-electron chi connectivity index (χ0n) is 16.8. The molecule has 0 fully saturated rings. The molecule has 0 bridgehead atoms. The van der Waals surface area contributed by atoms with Crippen LogP contribution < -0.4 is 11.5 Å². The molecule has 0 heterocycles. The maximum absolute atomic E-state index is 10.3. The van der Waals surface area contributed by atoms with Gasteiger partial charge in [-0.2, -0.15) is 0 Å². The highest BCUT2D eigenvalue weighted by atomic mass is 16.4. The Balaban J connectivity index is 0. The summed E-state index contributed by atoms with van der Waals surface area (Å²) in [5, 5.41) is 16.8. The monoisotopic (exact) mass is 374 g/mol. The first-order valence-corrected chi connectivity index (χ1v) is 10.4. The average Bonchev–Trinajstić information content (AvgIpc) is 2.60. The van der Waals surface area contributed by atoms with Gasteiger partial charge in [-0.25, -0.2) is 0 Å². The van der Waals surface area contributed by atoms with E-state index in [1.54, 1.807) is 0 Å². The summed E-state index contributed by atoms with van der Waals surface area (Å²) in [6, 6.07) is -0.716. The van der Waals surface area contributed by atoms with E-state index in [0.717, 1.165) is 25.7 Å². The van der Waals surface area contributed by atoms with Crippen LogP contribution in [0, 0.1) is 0 Å². The summed E-state index contributed by atoms with van der Waals surface area (Å²) >= 11 is 0. The summed E-state index contributed by atoms with van der Waals surface area (Å²) in [4.78, 5) is 20.4. The zero-order valence-corrected chi connectivity index (χ0v) is 16.8. The topological polar surface area (TPSA) is 127 Å². The number of carboxylic acids is 2. The molecule has 0 saturated carbocycles. The lowest BCUT2D eigenvalue weighted by atomic mass is 10.1. The van der Waals surface area contributed by atoms with E-state index in [4.69, 9.17) is 21.7 Å². The fraction of sp³-hybridized carbons (Fsp3) is 0.900. The third-order valence-corrected chi connectivity index (χ3v) is 4.28. The molecule has 0 aromatic carbocycles. The molecule has 6 heteroatoms. The zero-order chi connectivity index (χ0) is 20.0. The number of hydrogen-bond donors (Lipinski definition) is 4. The summed E-state index contributed by atoms with van der Waals surface area (Å²) in [5.74, 6) is -1.59. The lowest BCUT2D eigenvalue weighted by Crippen LogP contribution is -2.29. The van der Waals surface area contributed by atoms with E-state index in [1.165, 1.54) is 57.8 Å². The number of rotatable bonds is 17. The van der Waals surface area contributed by atoms with Gasteiger partial charge in [0.05, 0.1) is 0 Å². The van der Waals surface area contributed by atoms with Crippen molar-refractivity contribution in [3.63, 3.8) is 0 Å². The van der Waals surface area contributed by atoms with Crippen molar-refractivity contribution in [2.24, 2.45) is 11.5 Å². The van der Waals surface area contributed by atoms with Crippen LogP contribution in [0.4, 0.5) is 0 Å². The van der Waals surface area contributed by atoms with E-state index < -0.39 is 18.0 Å². The molecule has 0 aromatic heterocycles. The molecule has 0 saturated heterocycles. The minimum atomic E-state index is -0.933. The van der Waals surface area contributed by atoms with Gasteiger partial charge >= 0.3 is 11.9 Å². The first kappa shape index (κ1) is 27.1. The highest BCUT2D eigenvalue weighted by Crippen LogP contribution is 2.11. The number of unbranched alkanes of at least 4 members (excludes halogenated alkanes) is 11. The largest absolute Gasteiger partial charge is 0.481 e. The van der Waals surface area contributed by atoms with Gasteiger partial charge in [0, 0.05) is 6.42 Å². The van der Waals surface area contributed by atoms with Crippen molar-refractivity contribution in [3.8, 4) is 0 Å². The van der Waals surface area contributed by atoms with Gasteiger partial charge in [-0.05, 0) is 25.8 Å². The normalized spacial score (nSPS) is 11.5. The van der Waals surface area contributed by atoms with Crippen LogP contribution in [-0.2, 0) is 9.59 Å². The second kappa shape index (κ2) is 21.9. The summed E-state index contributed by atoms with van der Waals surface area (Å²) in [7, 11) is 0. The van der Waals surface area contributed by atoms with Crippen LogP contribution in [0.2, 0.25) is 0 Å². The molecule has 156 valence electrons. The molecule has 0 aromatic rings. The number of hydrogen-bond acceptors (Lipinski definition) is 4. The molecule has 6 N–H and O–H groups in total. The predicted molar refractivity (Wildman–Crippen MR) is 107 cm³/mol. The Morgan fingerprint density at radius 1 is 0.769 bits per heavy atom. The summed E-state index contributed by atoms with van der Waals surface area (Å²) in [6.45, 7) is 2.85. The van der Waals surface area contributed by atoms with E-state index in [-0.39, 0.29) is 0 Å². The van der Waals surface area contributed by atoms with Crippen molar-refractivity contribution in [3.05, 3.63) is 0 Å². The Morgan fingerprint density at radius 3 is 1.62 bits per heavy atom. The van der Waals surface area contributed by atoms with Crippen LogP contribution in [0.15, 0.2) is 0 Å². The Kier molecular flexibility index (Phi) is 22.8. The average molecular weight is 375 g/mol. The van der Waals surface area contributed by atoms with Gasteiger partial charge in [-0.15, -0.1) is 0 Å². The van der Waals surface area contributed by atoms with Crippen molar-refractivity contribution in [2.45, 2.75) is 109 Å². The van der Waals surface area contributed by atoms with Crippen LogP contribution in [0.5, 0.6) is 0 Å². The van der Waals surface area contributed by atoms with Gasteiger partial charge in [0.25, 0.3) is 0 Å². The molecule has 0 amide bonds. The Bertz CT molecular complexity index is 325. The highest BCUT2D eigenvalue weighted by Gasteiger charge is 2.09. The van der Waals surface area contributed by atoms with Gasteiger partial charge in [0.15, 0.2) is 0 Å². The lowest BCUT2D eigenvalue weighted by Gasteiger charge is -2.03. The second-order valence-electron chi connectivity index (χ2n) is 6.91. The van der Waals surface area contributed by atoms with Crippen molar-refractivity contribution < 1.29 is 19.8 Å². The van der Waals surface area contributed by atoms with E-state index in [2.05, 4.69) is 6.92 Å². The van der Waals surface area contributed by atoms with Crippen LogP contribution in [0.3, 0.4) is 0 Å². The van der Waals surface area contributed by atoms with E-state index >= 15 is 0 Å². The molecule has 6 nitrogen and oxygen atoms in total. The molecular weight excluding hydrogens is 332 g/mol. The molecule has 0 spiro atoms. The number of carboxylic acid groups (broad SMARTS) is 2. The minimum Gasteiger partial charge on any atom is -0.481 e. The first-order valence-electron chi connectivity index (χ1n) is 10.4. The molecular formula is C20H42N2O4. The highest BCUT2D eigenvalue weighted by molar-refractivity contribution is 5.72. The smallest absolute Gasteiger partial charge is 0.320 e. The molecule has 0 aliphatic carbocycles. The minimum absolute atomic E-state index is 0.344. The lowest BCUT2D eigenvalue weighted by molar-refractivity contribution is -0.139. The van der Waals surface area contributed by atoms with Gasteiger partial charge in [0.1, 0.15) is 6.04 Å². The maximum atomic E-state index is 10.3. The summed E-state index contributed by atoms with van der Waals surface area (Å²) < 4.78 is 0. The Labute approximate surface area is 159 Å². The fourth-order valence-electron chi connectivity index (χ4n) is 2.57. The molecule has 0 aliphatic rings. The van der Waals surface area contributed by atoms with Crippen molar-refractivity contribution in [1.82, 2.24) is 0 Å². The summed E-state index contributed by atoms with van der Waals surface area (Å²) in [5.41, 5.74) is 10.4. The van der Waals surface area contributed by atoms with Crippen molar-refractivity contribution in [2.75, 3.05) is 6.54 Å². The second-order valence-corrected chi connectivity index (χ2v) is 6.91. The quantitative estimate of drug-likeness (QED) is 0.281. The predicted octanol–water partition coefficient (Wildman–Crippen LogP) is 4.30. The van der Waals surface area contributed by atoms with Crippen LogP contribution in [0.1, 0.15) is 103 Å². The van der Waals surface area contributed by atoms with Gasteiger partial charge in [0.2, 0.25) is 0 Å². The van der Waals surface area contributed by atoms with E-state index in [0.29, 0.717) is 19.4 Å². The molecule has 0 aliphatic heterocycles. The SMILES string of the molecule is CCCCCCCCCCCCCC(=O)O.NCCCCC(N)C(=O)O. The van der Waals surface area contributed by atoms with Crippen molar-refractivity contribution >= 4 is 11.9 Å². The van der Waals surface area contributed by atoms with Crippen LogP contribution >= 0.6 is 0 Å². The van der Waals surface area contributed by atoms with Crippen LogP contribution in [0.25, 0.3) is 0 Å². The van der Waals surface area contributed by atoms with E-state index in [9.17, 15) is 9.59 Å². The molecule has 26 heavy (non-hydrogen) atoms. The first-order chi connectivity index (χ1) is 12.5.